The maximum absolute atomic E-state index is 13.1. The number of hydrogen-bond donors (Lipinski definition) is 0. The summed E-state index contributed by atoms with van der Waals surface area (Å²) in [5.41, 5.74) is 1.21. The van der Waals surface area contributed by atoms with Gasteiger partial charge < -0.3 is 18.9 Å². The average Bonchev–Trinajstić information content (AvgIpc) is 3.14. The molecule has 2 heterocycles. The first-order valence-corrected chi connectivity index (χ1v) is 8.09. The Labute approximate surface area is 147 Å². The van der Waals surface area contributed by atoms with Crippen LogP contribution in [-0.4, -0.2) is 38.2 Å². The highest BCUT2D eigenvalue weighted by Crippen LogP contribution is 2.36. The van der Waals surface area contributed by atoms with E-state index in [1.807, 2.05) is 0 Å². The Morgan fingerprint density at radius 1 is 1.25 bits per heavy atom. The van der Waals surface area contributed by atoms with Crippen LogP contribution in [0.5, 0.6) is 11.5 Å². The van der Waals surface area contributed by atoms with E-state index in [1.165, 1.54) is 14.2 Å². The van der Waals surface area contributed by atoms with Crippen LogP contribution in [0.2, 0.25) is 0 Å². The van der Waals surface area contributed by atoms with E-state index in [2.05, 4.69) is 20.9 Å². The zero-order chi connectivity index (χ0) is 17.1. The van der Waals surface area contributed by atoms with Crippen molar-refractivity contribution in [3.05, 3.63) is 51.8 Å². The Morgan fingerprint density at radius 2 is 2.00 bits per heavy atom. The van der Waals surface area contributed by atoms with Crippen LogP contribution in [0.15, 0.2) is 34.9 Å². The van der Waals surface area contributed by atoms with Gasteiger partial charge in [-0.15, -0.1) is 0 Å². The number of ketones is 1. The van der Waals surface area contributed by atoms with Gasteiger partial charge in [0, 0.05) is 16.2 Å². The fourth-order valence-electron chi connectivity index (χ4n) is 2.56. The van der Waals surface area contributed by atoms with Gasteiger partial charge in [0.1, 0.15) is 5.69 Å². The fraction of sp³-hybridized carbons (Fsp3) is 0.294. The molecule has 0 unspecified atom stereocenters. The molecule has 0 aliphatic carbocycles. The van der Waals surface area contributed by atoms with Gasteiger partial charge in [0.25, 0.3) is 0 Å². The Bertz CT molecular complexity index is 759. The molecule has 0 atom stereocenters. The van der Waals surface area contributed by atoms with Crippen LogP contribution in [0, 0.1) is 0 Å². The Balaban J connectivity index is 2.09. The van der Waals surface area contributed by atoms with E-state index in [-0.39, 0.29) is 11.5 Å². The molecule has 1 aromatic carbocycles. The standard InChI is InChI=1S/C17H16BrNO5/c1-21-13-9-10(18)8-12(16(13)22-2)15(20)14-11(4-3-5-19-14)17-23-6-7-24-17/h3-5,8-9,17H,6-7H2,1-2H3. The maximum atomic E-state index is 13.1. The summed E-state index contributed by atoms with van der Waals surface area (Å²) in [5, 5.41) is 0. The number of aromatic nitrogens is 1. The topological polar surface area (TPSA) is 66.9 Å². The van der Waals surface area contributed by atoms with Crippen LogP contribution in [0.3, 0.4) is 0 Å². The van der Waals surface area contributed by atoms with Gasteiger partial charge in [0.05, 0.1) is 33.0 Å². The third-order valence-corrected chi connectivity index (χ3v) is 4.08. The second-order valence-electron chi connectivity index (χ2n) is 5.03. The second-order valence-corrected chi connectivity index (χ2v) is 5.95. The van der Waals surface area contributed by atoms with Crippen molar-refractivity contribution in [3.8, 4) is 11.5 Å². The summed E-state index contributed by atoms with van der Waals surface area (Å²) in [6.45, 7) is 0.975. The first-order chi connectivity index (χ1) is 11.7. The predicted molar refractivity (Wildman–Crippen MR) is 89.6 cm³/mol. The van der Waals surface area contributed by atoms with E-state index in [0.29, 0.717) is 40.3 Å². The lowest BCUT2D eigenvalue weighted by Crippen LogP contribution is -2.13. The molecule has 1 aliphatic heterocycles. The molecule has 3 rings (SSSR count). The molecule has 1 fully saturated rings. The van der Waals surface area contributed by atoms with Gasteiger partial charge >= 0.3 is 0 Å². The van der Waals surface area contributed by atoms with Crippen molar-refractivity contribution in [1.82, 2.24) is 4.98 Å². The van der Waals surface area contributed by atoms with E-state index in [4.69, 9.17) is 18.9 Å². The highest BCUT2D eigenvalue weighted by Gasteiger charge is 2.28. The SMILES string of the molecule is COc1cc(Br)cc(C(=O)c2ncccc2C2OCCO2)c1OC. The van der Waals surface area contributed by atoms with Gasteiger partial charge in [-0.05, 0) is 18.2 Å². The zero-order valence-electron chi connectivity index (χ0n) is 13.2. The average molecular weight is 394 g/mol. The monoisotopic (exact) mass is 393 g/mol. The van der Waals surface area contributed by atoms with Crippen LogP contribution >= 0.6 is 15.9 Å². The molecule has 2 aromatic rings. The van der Waals surface area contributed by atoms with Crippen molar-refractivity contribution in [2.45, 2.75) is 6.29 Å². The summed E-state index contributed by atoms with van der Waals surface area (Å²) in [6, 6.07) is 6.93. The molecule has 126 valence electrons. The summed E-state index contributed by atoms with van der Waals surface area (Å²) in [6.07, 6.45) is 0.977. The van der Waals surface area contributed by atoms with Crippen LogP contribution < -0.4 is 9.47 Å². The van der Waals surface area contributed by atoms with E-state index < -0.39 is 6.29 Å². The minimum absolute atomic E-state index is 0.267. The normalized spacial score (nSPS) is 14.6. The molecule has 0 bridgehead atoms. The number of rotatable bonds is 5. The van der Waals surface area contributed by atoms with Crippen molar-refractivity contribution in [3.63, 3.8) is 0 Å². The largest absolute Gasteiger partial charge is 0.493 e. The molecule has 0 N–H and O–H groups in total. The van der Waals surface area contributed by atoms with Crippen LogP contribution in [0.25, 0.3) is 0 Å². The molecule has 7 heteroatoms. The van der Waals surface area contributed by atoms with E-state index >= 15 is 0 Å². The van der Waals surface area contributed by atoms with Gasteiger partial charge in [0.2, 0.25) is 5.78 Å². The number of carbonyl (C=O) groups is 1. The van der Waals surface area contributed by atoms with Crippen molar-refractivity contribution >= 4 is 21.7 Å². The first kappa shape index (κ1) is 16.9. The predicted octanol–water partition coefficient (Wildman–Crippen LogP) is 3.14. The van der Waals surface area contributed by atoms with Crippen molar-refractivity contribution in [2.75, 3.05) is 27.4 Å². The van der Waals surface area contributed by atoms with Crippen molar-refractivity contribution < 1.29 is 23.7 Å². The third-order valence-electron chi connectivity index (χ3n) is 3.62. The van der Waals surface area contributed by atoms with Gasteiger partial charge in [-0.3, -0.25) is 9.78 Å². The van der Waals surface area contributed by atoms with E-state index in [0.717, 1.165) is 0 Å². The molecule has 0 radical (unpaired) electrons. The quantitative estimate of drug-likeness (QED) is 0.726. The van der Waals surface area contributed by atoms with Crippen molar-refractivity contribution in [1.29, 1.82) is 0 Å². The molecule has 1 saturated heterocycles. The lowest BCUT2D eigenvalue weighted by Gasteiger charge is -2.15. The molecule has 6 nitrogen and oxygen atoms in total. The minimum Gasteiger partial charge on any atom is -0.493 e. The molecule has 24 heavy (non-hydrogen) atoms. The van der Waals surface area contributed by atoms with E-state index in [9.17, 15) is 4.79 Å². The first-order valence-electron chi connectivity index (χ1n) is 7.30. The Kier molecular flexibility index (Phi) is 5.13. The fourth-order valence-corrected chi connectivity index (χ4v) is 3.00. The van der Waals surface area contributed by atoms with Crippen molar-refractivity contribution in [2.24, 2.45) is 0 Å². The van der Waals surface area contributed by atoms with Gasteiger partial charge in [0.15, 0.2) is 17.8 Å². The number of ether oxygens (including phenoxy) is 4. The molecular formula is C17H16BrNO5. The molecule has 1 aromatic heterocycles. The summed E-state index contributed by atoms with van der Waals surface area (Å²) >= 11 is 3.39. The number of nitrogens with zero attached hydrogens (tertiary/aromatic N) is 1. The minimum atomic E-state index is -0.585. The van der Waals surface area contributed by atoms with E-state index in [1.54, 1.807) is 30.5 Å². The molecule has 0 amide bonds. The number of hydrogen-bond acceptors (Lipinski definition) is 6. The lowest BCUT2D eigenvalue weighted by molar-refractivity contribution is -0.0447. The van der Waals surface area contributed by atoms with Gasteiger partial charge in [-0.2, -0.15) is 0 Å². The maximum Gasteiger partial charge on any atom is 0.215 e. The number of methoxy groups -OCH3 is 2. The number of benzene rings is 1. The van der Waals surface area contributed by atoms with Gasteiger partial charge in [-0.25, -0.2) is 0 Å². The number of halogens is 1. The third kappa shape index (κ3) is 3.15. The summed E-state index contributed by atoms with van der Waals surface area (Å²) in [4.78, 5) is 17.3. The molecule has 1 aliphatic rings. The Morgan fingerprint density at radius 3 is 2.67 bits per heavy atom. The van der Waals surface area contributed by atoms with Crippen LogP contribution in [0.4, 0.5) is 0 Å². The van der Waals surface area contributed by atoms with Crippen LogP contribution in [-0.2, 0) is 9.47 Å². The smallest absolute Gasteiger partial charge is 0.215 e. The highest BCUT2D eigenvalue weighted by atomic mass is 79.9. The summed E-state index contributed by atoms with van der Waals surface area (Å²) < 4.78 is 22.4. The number of pyridine rings is 1. The summed E-state index contributed by atoms with van der Waals surface area (Å²) in [5.74, 6) is 0.526. The number of carbonyl (C=O) groups excluding carboxylic acids is 1. The van der Waals surface area contributed by atoms with Gasteiger partial charge in [-0.1, -0.05) is 22.0 Å². The lowest BCUT2D eigenvalue weighted by atomic mass is 10.0. The highest BCUT2D eigenvalue weighted by molar-refractivity contribution is 9.10. The molecule has 0 spiro atoms. The summed E-state index contributed by atoms with van der Waals surface area (Å²) in [7, 11) is 3.01. The molecule has 0 saturated carbocycles. The zero-order valence-corrected chi connectivity index (χ0v) is 14.8. The Hall–Kier alpha value is -1.96. The second kappa shape index (κ2) is 7.29. The molecular weight excluding hydrogens is 378 g/mol. The van der Waals surface area contributed by atoms with Crippen LogP contribution in [0.1, 0.15) is 27.9 Å².